The van der Waals surface area contributed by atoms with Crippen molar-refractivity contribution in [3.8, 4) is 17.0 Å². The Hall–Kier alpha value is -5.44. The molecule has 0 spiro atoms. The van der Waals surface area contributed by atoms with Gasteiger partial charge in [-0.3, -0.25) is 9.78 Å². The van der Waals surface area contributed by atoms with Crippen molar-refractivity contribution in [2.24, 2.45) is 5.41 Å². The predicted octanol–water partition coefficient (Wildman–Crippen LogP) is 5.82. The highest BCUT2D eigenvalue weighted by Gasteiger charge is 2.41. The molecule has 6 rings (SSSR count). The van der Waals surface area contributed by atoms with Crippen LogP contribution in [0.15, 0.2) is 96.2 Å². The number of fused-ring (bicyclic) bond motifs is 1. The summed E-state index contributed by atoms with van der Waals surface area (Å²) < 4.78 is 48.3. The lowest BCUT2D eigenvalue weighted by Gasteiger charge is -2.32. The fraction of sp³-hybridized carbons (Fsp3) is 0.308. The van der Waals surface area contributed by atoms with Crippen molar-refractivity contribution in [2.45, 2.75) is 64.5 Å². The molecule has 14 heteroatoms. The molecule has 53 heavy (non-hydrogen) atoms. The summed E-state index contributed by atoms with van der Waals surface area (Å²) in [5, 5.41) is 17.8. The Balaban J connectivity index is 1.21. The molecule has 0 saturated carbocycles. The number of aromatic nitrogens is 4. The van der Waals surface area contributed by atoms with Crippen molar-refractivity contribution in [1.82, 2.24) is 24.3 Å². The maximum atomic E-state index is 13.8. The van der Waals surface area contributed by atoms with Gasteiger partial charge >= 0.3 is 11.9 Å². The molecule has 0 saturated heterocycles. The SMILES string of the molecule is COC(=O)C(C)(C)C(OCc1cn(Cc2cccc(-c3ccc(C(=O)O)cn3)c2)nn1)c1ccc(C)c(CN2C[C@@H](C)Oc3ccccc3S2(=O)=O)c1. The minimum Gasteiger partial charge on any atom is -0.488 e. The number of hydrogen-bond acceptors (Lipinski definition) is 10. The molecule has 1 unspecified atom stereocenters. The number of nitrogens with zero attached hydrogens (tertiary/aromatic N) is 5. The molecule has 276 valence electrons. The van der Waals surface area contributed by atoms with Crippen LogP contribution >= 0.6 is 0 Å². The molecule has 0 amide bonds. The third-order valence-electron chi connectivity index (χ3n) is 9.21. The fourth-order valence-electron chi connectivity index (χ4n) is 6.35. The van der Waals surface area contributed by atoms with Crippen LogP contribution in [0.5, 0.6) is 5.75 Å². The number of ether oxygens (including phenoxy) is 3. The van der Waals surface area contributed by atoms with Gasteiger partial charge in [-0.05, 0) is 80.3 Å². The number of hydrogen-bond donors (Lipinski definition) is 1. The van der Waals surface area contributed by atoms with Crippen LogP contribution in [0.1, 0.15) is 65.2 Å². The zero-order valence-electron chi connectivity index (χ0n) is 30.1. The lowest BCUT2D eigenvalue weighted by atomic mass is 9.81. The van der Waals surface area contributed by atoms with Crippen molar-refractivity contribution < 1.29 is 37.3 Å². The predicted molar refractivity (Wildman–Crippen MR) is 194 cm³/mol. The van der Waals surface area contributed by atoms with Crippen molar-refractivity contribution in [3.05, 3.63) is 125 Å². The van der Waals surface area contributed by atoms with Gasteiger partial charge in [-0.25, -0.2) is 17.9 Å². The number of sulfonamides is 1. The number of para-hydroxylation sites is 1. The van der Waals surface area contributed by atoms with Gasteiger partial charge in [0.25, 0.3) is 0 Å². The van der Waals surface area contributed by atoms with E-state index < -0.39 is 33.5 Å². The number of benzene rings is 3. The van der Waals surface area contributed by atoms with Crippen molar-refractivity contribution in [1.29, 1.82) is 0 Å². The van der Waals surface area contributed by atoms with Crippen LogP contribution in [0.25, 0.3) is 11.3 Å². The van der Waals surface area contributed by atoms with E-state index in [9.17, 15) is 23.1 Å². The second-order valence-electron chi connectivity index (χ2n) is 13.6. The number of aromatic carboxylic acids is 1. The standard InChI is InChI=1S/C39H41N5O8S/c1-25-13-14-29(18-31(25)22-44-20-26(2)52-34-11-6-7-12-35(34)53(44,48)49)36(39(3,4)38(47)50-5)51-24-32-23-43(42-41-32)21-27-9-8-10-28(17-27)33-16-15-30(19-40-33)37(45)46/h6-19,23,26,36H,20-22,24H2,1-5H3,(H,45,46)/t26-,36?/m1/s1. The summed E-state index contributed by atoms with van der Waals surface area (Å²) in [5.41, 5.74) is 4.22. The zero-order valence-corrected chi connectivity index (χ0v) is 30.9. The molecule has 5 aromatic rings. The normalized spacial score (nSPS) is 16.2. The molecule has 3 heterocycles. The van der Waals surface area contributed by atoms with E-state index in [1.165, 1.54) is 23.7 Å². The van der Waals surface area contributed by atoms with Crippen molar-refractivity contribution in [2.75, 3.05) is 13.7 Å². The Bertz CT molecular complexity index is 2240. The highest BCUT2D eigenvalue weighted by atomic mass is 32.2. The summed E-state index contributed by atoms with van der Waals surface area (Å²) in [6, 6.07) is 23.2. The number of methoxy groups -OCH3 is 1. The van der Waals surface area contributed by atoms with Gasteiger partial charge in [-0.1, -0.05) is 53.7 Å². The number of carboxylic acid groups (broad SMARTS) is 1. The van der Waals surface area contributed by atoms with Crippen LogP contribution in [-0.2, 0) is 44.0 Å². The number of carboxylic acids is 1. The Labute approximate surface area is 308 Å². The molecule has 2 aromatic heterocycles. The number of esters is 1. The first-order valence-electron chi connectivity index (χ1n) is 17.0. The molecule has 3 aromatic carbocycles. The average molecular weight is 740 g/mol. The number of pyridine rings is 1. The molecule has 2 atom stereocenters. The van der Waals surface area contributed by atoms with E-state index in [2.05, 4.69) is 15.3 Å². The highest BCUT2D eigenvalue weighted by Crippen LogP contribution is 2.40. The van der Waals surface area contributed by atoms with Crippen LogP contribution in [0, 0.1) is 12.3 Å². The third-order valence-corrected chi connectivity index (χ3v) is 11.1. The smallest absolute Gasteiger partial charge is 0.337 e. The van der Waals surface area contributed by atoms with Crippen molar-refractivity contribution >= 4 is 22.0 Å². The molecular formula is C39H41N5O8S. The average Bonchev–Trinajstić information content (AvgIpc) is 3.55. The lowest BCUT2D eigenvalue weighted by Crippen LogP contribution is -2.36. The fourth-order valence-corrected chi connectivity index (χ4v) is 7.97. The molecule has 1 aliphatic rings. The highest BCUT2D eigenvalue weighted by molar-refractivity contribution is 7.89. The van der Waals surface area contributed by atoms with E-state index in [1.54, 1.807) is 55.1 Å². The van der Waals surface area contributed by atoms with Crippen LogP contribution in [0.2, 0.25) is 0 Å². The van der Waals surface area contributed by atoms with Crippen LogP contribution in [0.4, 0.5) is 0 Å². The van der Waals surface area contributed by atoms with Gasteiger partial charge in [-0.15, -0.1) is 5.10 Å². The van der Waals surface area contributed by atoms with E-state index >= 15 is 0 Å². The maximum absolute atomic E-state index is 13.8. The Kier molecular flexibility index (Phi) is 10.8. The lowest BCUT2D eigenvalue weighted by molar-refractivity contribution is -0.162. The maximum Gasteiger partial charge on any atom is 0.337 e. The Morgan fingerprint density at radius 3 is 2.57 bits per heavy atom. The van der Waals surface area contributed by atoms with Crippen LogP contribution in [-0.4, -0.2) is 69.5 Å². The summed E-state index contributed by atoms with van der Waals surface area (Å²) in [7, 11) is -2.54. The number of rotatable bonds is 12. The summed E-state index contributed by atoms with van der Waals surface area (Å²) in [6.07, 6.45) is 1.93. The first-order chi connectivity index (χ1) is 25.3. The van der Waals surface area contributed by atoms with Gasteiger partial charge in [0.1, 0.15) is 22.4 Å². The Morgan fingerprint density at radius 1 is 1.04 bits per heavy atom. The van der Waals surface area contributed by atoms with E-state index in [0.717, 1.165) is 22.3 Å². The monoisotopic (exact) mass is 739 g/mol. The summed E-state index contributed by atoms with van der Waals surface area (Å²) >= 11 is 0. The molecule has 0 bridgehead atoms. The summed E-state index contributed by atoms with van der Waals surface area (Å²) in [6.45, 7) is 7.92. The largest absolute Gasteiger partial charge is 0.488 e. The summed E-state index contributed by atoms with van der Waals surface area (Å²) in [4.78, 5) is 28.7. The van der Waals surface area contributed by atoms with Gasteiger partial charge in [0.15, 0.2) is 0 Å². The number of carbonyl (C=O) groups is 2. The topological polar surface area (TPSA) is 163 Å². The van der Waals surface area contributed by atoms with E-state index in [1.807, 2.05) is 56.3 Å². The quantitative estimate of drug-likeness (QED) is 0.153. The van der Waals surface area contributed by atoms with Crippen LogP contribution in [0.3, 0.4) is 0 Å². The minimum atomic E-state index is -3.87. The zero-order chi connectivity index (χ0) is 37.9. The van der Waals surface area contributed by atoms with Gasteiger partial charge in [0.05, 0.1) is 55.8 Å². The van der Waals surface area contributed by atoms with E-state index in [-0.39, 0.29) is 36.3 Å². The van der Waals surface area contributed by atoms with Crippen molar-refractivity contribution in [3.63, 3.8) is 0 Å². The van der Waals surface area contributed by atoms with Crippen LogP contribution < -0.4 is 4.74 Å². The number of carbonyl (C=O) groups excluding carboxylic acids is 1. The minimum absolute atomic E-state index is 0.0281. The molecule has 1 N–H and O–H groups in total. The Morgan fingerprint density at radius 2 is 1.83 bits per heavy atom. The van der Waals surface area contributed by atoms with Gasteiger partial charge in [0.2, 0.25) is 10.0 Å². The molecule has 0 aliphatic carbocycles. The summed E-state index contributed by atoms with van der Waals surface area (Å²) in [5.74, 6) is -1.18. The number of aryl methyl sites for hydroxylation is 1. The molecule has 13 nitrogen and oxygen atoms in total. The molecule has 0 fully saturated rings. The second-order valence-corrected chi connectivity index (χ2v) is 15.5. The third kappa shape index (κ3) is 8.14. The second kappa shape index (κ2) is 15.3. The molecule has 0 radical (unpaired) electrons. The van der Waals surface area contributed by atoms with E-state index in [4.69, 9.17) is 14.2 Å². The van der Waals surface area contributed by atoms with Gasteiger partial charge < -0.3 is 19.3 Å². The van der Waals surface area contributed by atoms with E-state index in [0.29, 0.717) is 29.2 Å². The van der Waals surface area contributed by atoms with Gasteiger partial charge in [0, 0.05) is 18.3 Å². The molecule has 1 aliphatic heterocycles. The van der Waals surface area contributed by atoms with Gasteiger partial charge in [-0.2, -0.15) is 4.31 Å². The molecular weight excluding hydrogens is 699 g/mol. The first kappa shape index (κ1) is 37.3. The first-order valence-corrected chi connectivity index (χ1v) is 18.4.